The number of hydrogen-bond acceptors (Lipinski definition) is 15. The number of ketones is 2. The third-order valence-corrected chi connectivity index (χ3v) is 10.4. The van der Waals surface area contributed by atoms with Crippen molar-refractivity contribution in [1.29, 1.82) is 0 Å². The van der Waals surface area contributed by atoms with Crippen molar-refractivity contribution >= 4 is 41.9 Å². The van der Waals surface area contributed by atoms with Gasteiger partial charge in [-0.1, -0.05) is 24.6 Å². The summed E-state index contributed by atoms with van der Waals surface area (Å²) < 4.78 is 12.0. The zero-order valence-electron chi connectivity index (χ0n) is 29.2. The van der Waals surface area contributed by atoms with Gasteiger partial charge < -0.3 is 40.4 Å². The first-order chi connectivity index (χ1) is 25.7. The predicted octanol–water partition coefficient (Wildman–Crippen LogP) is -0.0825. The number of phenols is 2. The molecular weight excluding hydrogens is 708 g/mol. The zero-order chi connectivity index (χ0) is 39.1. The molecule has 4 aliphatic rings. The lowest BCUT2D eigenvalue weighted by Crippen LogP contribution is -2.60. The second-order valence-corrected chi connectivity index (χ2v) is 13.9. The van der Waals surface area contributed by atoms with E-state index in [9.17, 15) is 54.0 Å². The average molecular weight is 749 g/mol. The summed E-state index contributed by atoms with van der Waals surface area (Å²) in [6.07, 6.45) is -1.11. The van der Waals surface area contributed by atoms with E-state index in [0.717, 1.165) is 4.90 Å². The lowest BCUT2D eigenvalue weighted by molar-refractivity contribution is -0.248. The standard InChI is InChI=1S/C37H40N4O13/c1-17-32(47)21(38)12-27(53-17)54-22-14-37(52,23(16-43)39-40-24(44)8-3-2-4-11-41-25(45)9-10-26(41)46)13-20-29(22)36(51)31-30(34(20)49)33(48)19-7-5-6-18(15-42)28(19)35(31)50/h5-7,9-10,15-17,21-23,27,32,39,47,49,51-52H,2-4,8,11-14,38H2,1H3,(H,40,44)/t17?,21?,22-,23?,27?,32?,37?/m0/s1. The Balaban J connectivity index is 1.26. The number of carbonyl (C=O) groups is 7. The normalized spacial score (nSPS) is 26.6. The fraction of sp³-hybridized carbons (Fsp3) is 0.432. The fourth-order valence-electron chi connectivity index (χ4n) is 7.54. The van der Waals surface area contributed by atoms with Crippen LogP contribution < -0.4 is 16.6 Å². The summed E-state index contributed by atoms with van der Waals surface area (Å²) >= 11 is 0. The van der Waals surface area contributed by atoms with Crippen molar-refractivity contribution < 1.29 is 63.5 Å². The number of aliphatic hydroxyl groups excluding tert-OH is 1. The zero-order valence-corrected chi connectivity index (χ0v) is 29.2. The van der Waals surface area contributed by atoms with Crippen LogP contribution in [0.15, 0.2) is 30.4 Å². The molecule has 0 radical (unpaired) electrons. The first-order valence-corrected chi connectivity index (χ1v) is 17.5. The highest BCUT2D eigenvalue weighted by Gasteiger charge is 2.50. The summed E-state index contributed by atoms with van der Waals surface area (Å²) in [5.74, 6) is -4.64. The molecular formula is C37H40N4O13. The van der Waals surface area contributed by atoms with Gasteiger partial charge in [0.25, 0.3) is 11.8 Å². The molecule has 54 heavy (non-hydrogen) atoms. The Kier molecular flexibility index (Phi) is 10.9. The number of nitrogens with one attached hydrogen (secondary N) is 2. The van der Waals surface area contributed by atoms with E-state index in [1.807, 2.05) is 0 Å². The number of unbranched alkanes of at least 4 members (excludes halogenated alkanes) is 2. The molecule has 2 heterocycles. The van der Waals surface area contributed by atoms with Crippen LogP contribution in [-0.2, 0) is 35.1 Å². The molecule has 1 saturated heterocycles. The number of aromatic hydroxyl groups is 2. The van der Waals surface area contributed by atoms with E-state index in [4.69, 9.17) is 15.2 Å². The topological polar surface area (TPSA) is 272 Å². The van der Waals surface area contributed by atoms with Crippen LogP contribution >= 0.6 is 0 Å². The first kappa shape index (κ1) is 38.6. The number of imide groups is 1. The Hall–Kier alpha value is -5.17. The molecule has 6 unspecified atom stereocenters. The Morgan fingerprint density at radius 2 is 1.76 bits per heavy atom. The minimum absolute atomic E-state index is 0.0146. The molecule has 17 nitrogen and oxygen atoms in total. The molecule has 2 aliphatic carbocycles. The van der Waals surface area contributed by atoms with E-state index in [2.05, 4.69) is 10.9 Å². The van der Waals surface area contributed by atoms with Crippen LogP contribution in [0.4, 0.5) is 0 Å². The van der Waals surface area contributed by atoms with Crippen LogP contribution in [0.25, 0.3) is 0 Å². The predicted molar refractivity (Wildman–Crippen MR) is 184 cm³/mol. The average Bonchev–Trinajstić information content (AvgIpc) is 3.46. The summed E-state index contributed by atoms with van der Waals surface area (Å²) in [4.78, 5) is 89.3. The van der Waals surface area contributed by atoms with E-state index >= 15 is 0 Å². The molecule has 6 rings (SSSR count). The third-order valence-electron chi connectivity index (χ3n) is 10.4. The summed E-state index contributed by atoms with van der Waals surface area (Å²) in [7, 11) is 0. The highest BCUT2D eigenvalue weighted by atomic mass is 16.7. The van der Waals surface area contributed by atoms with Gasteiger partial charge in [0.1, 0.15) is 23.8 Å². The Bertz CT molecular complexity index is 1930. The van der Waals surface area contributed by atoms with Gasteiger partial charge in [-0.15, -0.1) is 0 Å². The number of carbonyl (C=O) groups excluding carboxylic acids is 7. The van der Waals surface area contributed by atoms with Crippen LogP contribution in [0.3, 0.4) is 0 Å². The molecule has 2 aliphatic heterocycles. The molecule has 2 aromatic rings. The molecule has 17 heteroatoms. The number of aldehydes is 2. The SMILES string of the molecule is CC1OC(O[C@H]2CC(O)(C(C=O)NNC(=O)CCCCCN3C(=O)C=CC3=O)Cc3c(O)c4c(c(O)c32)C(=O)c2c(C=O)cccc2C4=O)CC(N)C1O. The van der Waals surface area contributed by atoms with Crippen molar-refractivity contribution in [2.75, 3.05) is 6.54 Å². The molecule has 286 valence electrons. The van der Waals surface area contributed by atoms with Crippen LogP contribution in [0.5, 0.6) is 11.5 Å². The van der Waals surface area contributed by atoms with Crippen molar-refractivity contribution in [2.24, 2.45) is 5.73 Å². The molecule has 7 atom stereocenters. The maximum Gasteiger partial charge on any atom is 0.253 e. The number of ether oxygens (including phenoxy) is 2. The van der Waals surface area contributed by atoms with Gasteiger partial charge in [0.05, 0.1) is 35.0 Å². The minimum atomic E-state index is -2.17. The van der Waals surface area contributed by atoms with Crippen LogP contribution in [0.1, 0.15) is 105 Å². The minimum Gasteiger partial charge on any atom is -0.507 e. The van der Waals surface area contributed by atoms with Gasteiger partial charge in [-0.3, -0.25) is 39.1 Å². The van der Waals surface area contributed by atoms with Crippen LogP contribution in [0, 0.1) is 0 Å². The van der Waals surface area contributed by atoms with E-state index < -0.39 is 107 Å². The van der Waals surface area contributed by atoms with E-state index in [1.54, 1.807) is 6.92 Å². The number of hydrogen-bond donors (Lipinski definition) is 7. The monoisotopic (exact) mass is 748 g/mol. The van der Waals surface area contributed by atoms with E-state index in [1.165, 1.54) is 30.4 Å². The summed E-state index contributed by atoms with van der Waals surface area (Å²) in [5.41, 5.74) is 6.76. The molecule has 1 fully saturated rings. The van der Waals surface area contributed by atoms with Crippen molar-refractivity contribution in [1.82, 2.24) is 15.8 Å². The van der Waals surface area contributed by atoms with Crippen molar-refractivity contribution in [3.8, 4) is 11.5 Å². The lowest BCUT2D eigenvalue weighted by Gasteiger charge is -2.44. The molecule has 3 amide bonds. The van der Waals surface area contributed by atoms with E-state index in [0.29, 0.717) is 31.8 Å². The smallest absolute Gasteiger partial charge is 0.253 e. The van der Waals surface area contributed by atoms with Gasteiger partial charge in [-0.05, 0) is 19.8 Å². The highest BCUT2D eigenvalue weighted by Crippen LogP contribution is 2.52. The third kappa shape index (κ3) is 6.97. The summed E-state index contributed by atoms with van der Waals surface area (Å²) in [5, 5.41) is 45.9. The van der Waals surface area contributed by atoms with Gasteiger partial charge in [0.15, 0.2) is 24.1 Å². The van der Waals surface area contributed by atoms with Crippen molar-refractivity contribution in [2.45, 2.75) is 94.2 Å². The maximum atomic E-state index is 13.9. The summed E-state index contributed by atoms with van der Waals surface area (Å²) in [6.45, 7) is 1.75. The largest absolute Gasteiger partial charge is 0.507 e. The molecule has 0 saturated carbocycles. The number of benzene rings is 2. The first-order valence-electron chi connectivity index (χ1n) is 17.5. The fourth-order valence-corrected chi connectivity index (χ4v) is 7.54. The van der Waals surface area contributed by atoms with Gasteiger partial charge in [-0.2, -0.15) is 0 Å². The second kappa shape index (κ2) is 15.3. The van der Waals surface area contributed by atoms with Gasteiger partial charge >= 0.3 is 0 Å². The number of nitrogens with zero attached hydrogens (tertiary/aromatic N) is 1. The number of hydrazine groups is 1. The number of fused-ring (bicyclic) bond motifs is 3. The number of phenolic OH excluding ortho intramolecular Hbond substituents is 2. The second-order valence-electron chi connectivity index (χ2n) is 13.9. The maximum absolute atomic E-state index is 13.9. The molecule has 2 aromatic carbocycles. The summed E-state index contributed by atoms with van der Waals surface area (Å²) in [6, 6.07) is 1.65. The Morgan fingerprint density at radius 1 is 1.06 bits per heavy atom. The lowest BCUT2D eigenvalue weighted by atomic mass is 9.71. The van der Waals surface area contributed by atoms with Gasteiger partial charge in [-0.25, -0.2) is 5.43 Å². The van der Waals surface area contributed by atoms with Crippen molar-refractivity contribution in [3.05, 3.63) is 69.3 Å². The molecule has 0 bridgehead atoms. The number of amides is 3. The van der Waals surface area contributed by atoms with Gasteiger partial charge in [0.2, 0.25) is 5.91 Å². The van der Waals surface area contributed by atoms with Gasteiger partial charge in [0, 0.05) is 78.2 Å². The van der Waals surface area contributed by atoms with Crippen LogP contribution in [-0.4, -0.2) is 110 Å². The number of aliphatic hydroxyl groups is 2. The quantitative estimate of drug-likeness (QED) is 0.0396. The molecule has 0 spiro atoms. The van der Waals surface area contributed by atoms with Crippen LogP contribution in [0.2, 0.25) is 0 Å². The Labute approximate surface area is 308 Å². The van der Waals surface area contributed by atoms with E-state index in [-0.39, 0.29) is 47.2 Å². The molecule has 0 aromatic heterocycles. The van der Waals surface area contributed by atoms with Crippen molar-refractivity contribution in [3.63, 3.8) is 0 Å². The molecule has 8 N–H and O–H groups in total. The Morgan fingerprint density at radius 3 is 2.43 bits per heavy atom. The number of nitrogens with two attached hydrogens (primary N) is 1. The number of rotatable bonds is 13. The highest BCUT2D eigenvalue weighted by molar-refractivity contribution is 6.32.